The van der Waals surface area contributed by atoms with Crippen LogP contribution in [-0.4, -0.2) is 41.6 Å². The standard InChI is InChI=1S/C10H13N5O2/c1-11-8-3-2-7(14-15-8)10(17)13-6-4-9(16)12-5-6/h2-3,6H,4-5H2,1H3,(H,11,15)(H,12,16)(H,13,17). The van der Waals surface area contributed by atoms with Crippen molar-refractivity contribution in [2.24, 2.45) is 0 Å². The van der Waals surface area contributed by atoms with Gasteiger partial charge >= 0.3 is 0 Å². The maximum atomic E-state index is 11.7. The quantitative estimate of drug-likeness (QED) is 0.633. The first-order chi connectivity index (χ1) is 8.19. The van der Waals surface area contributed by atoms with Gasteiger partial charge in [-0.1, -0.05) is 0 Å². The van der Waals surface area contributed by atoms with E-state index in [0.29, 0.717) is 18.8 Å². The largest absolute Gasteiger partial charge is 0.372 e. The highest BCUT2D eigenvalue weighted by Crippen LogP contribution is 2.03. The summed E-state index contributed by atoms with van der Waals surface area (Å²) in [7, 11) is 1.72. The number of hydrogen-bond acceptors (Lipinski definition) is 5. The molecule has 1 aromatic rings. The normalized spacial score (nSPS) is 18.6. The zero-order valence-electron chi connectivity index (χ0n) is 9.36. The Morgan fingerprint density at radius 1 is 1.47 bits per heavy atom. The summed E-state index contributed by atoms with van der Waals surface area (Å²) in [5.41, 5.74) is 0.239. The molecular formula is C10H13N5O2. The lowest BCUT2D eigenvalue weighted by atomic mass is 10.2. The van der Waals surface area contributed by atoms with Crippen LogP contribution in [0.4, 0.5) is 5.82 Å². The van der Waals surface area contributed by atoms with Gasteiger partial charge in [-0.3, -0.25) is 9.59 Å². The molecule has 2 amide bonds. The summed E-state index contributed by atoms with van der Waals surface area (Å²) in [6.45, 7) is 0.465. The van der Waals surface area contributed by atoms with Crippen molar-refractivity contribution < 1.29 is 9.59 Å². The van der Waals surface area contributed by atoms with E-state index >= 15 is 0 Å². The van der Waals surface area contributed by atoms with Gasteiger partial charge in [0.15, 0.2) is 5.69 Å². The molecule has 17 heavy (non-hydrogen) atoms. The molecule has 1 atom stereocenters. The Kier molecular flexibility index (Phi) is 3.17. The first-order valence-electron chi connectivity index (χ1n) is 5.28. The predicted molar refractivity (Wildman–Crippen MR) is 60.5 cm³/mol. The number of carbonyl (C=O) groups excluding carboxylic acids is 2. The average molecular weight is 235 g/mol. The Balaban J connectivity index is 1.97. The lowest BCUT2D eigenvalue weighted by Gasteiger charge is -2.09. The van der Waals surface area contributed by atoms with Crippen LogP contribution in [0.25, 0.3) is 0 Å². The Morgan fingerprint density at radius 3 is 2.82 bits per heavy atom. The van der Waals surface area contributed by atoms with Crippen LogP contribution in [-0.2, 0) is 4.79 Å². The molecule has 2 heterocycles. The molecule has 2 rings (SSSR count). The van der Waals surface area contributed by atoms with Crippen LogP contribution in [0, 0.1) is 0 Å². The van der Waals surface area contributed by atoms with Crippen molar-refractivity contribution in [3.8, 4) is 0 Å². The summed E-state index contributed by atoms with van der Waals surface area (Å²) < 4.78 is 0. The Hall–Kier alpha value is -2.18. The second-order valence-corrected chi connectivity index (χ2v) is 3.73. The third kappa shape index (κ3) is 2.68. The number of nitrogens with one attached hydrogen (secondary N) is 3. The maximum Gasteiger partial charge on any atom is 0.272 e. The molecule has 0 aromatic carbocycles. The smallest absolute Gasteiger partial charge is 0.272 e. The molecule has 0 bridgehead atoms. The lowest BCUT2D eigenvalue weighted by molar-refractivity contribution is -0.119. The number of anilines is 1. The molecule has 1 unspecified atom stereocenters. The molecule has 7 heteroatoms. The van der Waals surface area contributed by atoms with Gasteiger partial charge in [-0.2, -0.15) is 0 Å². The second kappa shape index (κ2) is 4.77. The van der Waals surface area contributed by atoms with E-state index in [9.17, 15) is 9.59 Å². The first-order valence-corrected chi connectivity index (χ1v) is 5.28. The van der Waals surface area contributed by atoms with E-state index in [2.05, 4.69) is 26.1 Å². The number of hydrogen-bond donors (Lipinski definition) is 3. The fourth-order valence-corrected chi connectivity index (χ4v) is 1.55. The monoisotopic (exact) mass is 235 g/mol. The van der Waals surface area contributed by atoms with Gasteiger partial charge in [0.25, 0.3) is 5.91 Å². The predicted octanol–water partition coefficient (Wildman–Crippen LogP) is -0.863. The fourth-order valence-electron chi connectivity index (χ4n) is 1.55. The van der Waals surface area contributed by atoms with E-state index in [0.717, 1.165) is 0 Å². The molecule has 0 spiro atoms. The van der Waals surface area contributed by atoms with Crippen molar-refractivity contribution in [1.29, 1.82) is 0 Å². The zero-order valence-corrected chi connectivity index (χ0v) is 9.36. The van der Waals surface area contributed by atoms with E-state index in [4.69, 9.17) is 0 Å². The molecule has 1 aromatic heterocycles. The summed E-state index contributed by atoms with van der Waals surface area (Å²) >= 11 is 0. The molecule has 7 nitrogen and oxygen atoms in total. The average Bonchev–Trinajstić information content (AvgIpc) is 2.75. The number of amides is 2. The van der Waals surface area contributed by atoms with Gasteiger partial charge in [0, 0.05) is 20.0 Å². The van der Waals surface area contributed by atoms with E-state index in [1.54, 1.807) is 19.2 Å². The molecular weight excluding hydrogens is 222 g/mol. The molecule has 1 aliphatic heterocycles. The van der Waals surface area contributed by atoms with Crippen molar-refractivity contribution in [1.82, 2.24) is 20.8 Å². The molecule has 3 N–H and O–H groups in total. The fraction of sp³-hybridized carbons (Fsp3) is 0.400. The van der Waals surface area contributed by atoms with E-state index in [1.165, 1.54) is 0 Å². The number of nitrogens with zero attached hydrogens (tertiary/aromatic N) is 2. The van der Waals surface area contributed by atoms with Gasteiger partial charge in [0.2, 0.25) is 5.91 Å². The minimum Gasteiger partial charge on any atom is -0.372 e. The van der Waals surface area contributed by atoms with Gasteiger partial charge in [-0.15, -0.1) is 10.2 Å². The summed E-state index contributed by atoms with van der Waals surface area (Å²) in [6, 6.07) is 3.08. The van der Waals surface area contributed by atoms with Crippen LogP contribution in [0.5, 0.6) is 0 Å². The van der Waals surface area contributed by atoms with E-state index < -0.39 is 0 Å². The lowest BCUT2D eigenvalue weighted by Crippen LogP contribution is -2.36. The topological polar surface area (TPSA) is 96.0 Å². The first kappa shape index (κ1) is 11.3. The number of aromatic nitrogens is 2. The second-order valence-electron chi connectivity index (χ2n) is 3.73. The van der Waals surface area contributed by atoms with E-state index in [-0.39, 0.29) is 23.6 Å². The minimum atomic E-state index is -0.318. The number of carbonyl (C=O) groups is 2. The summed E-state index contributed by atoms with van der Waals surface area (Å²) in [5, 5.41) is 15.8. The highest BCUT2D eigenvalue weighted by Gasteiger charge is 2.23. The summed E-state index contributed by atoms with van der Waals surface area (Å²) in [6.07, 6.45) is 0.313. The van der Waals surface area contributed by atoms with E-state index in [1.807, 2.05) is 0 Å². The van der Waals surface area contributed by atoms with Crippen molar-refractivity contribution >= 4 is 17.6 Å². The van der Waals surface area contributed by atoms with Crippen LogP contribution < -0.4 is 16.0 Å². The Morgan fingerprint density at radius 2 is 2.29 bits per heavy atom. The Bertz CT molecular complexity index is 431. The van der Waals surface area contributed by atoms with Gasteiger partial charge in [0.1, 0.15) is 5.82 Å². The van der Waals surface area contributed by atoms with Gasteiger partial charge in [-0.05, 0) is 12.1 Å². The minimum absolute atomic E-state index is 0.0492. The van der Waals surface area contributed by atoms with Crippen LogP contribution in [0.2, 0.25) is 0 Å². The molecule has 90 valence electrons. The van der Waals surface area contributed by atoms with Gasteiger partial charge in [0.05, 0.1) is 6.04 Å². The van der Waals surface area contributed by atoms with Gasteiger partial charge in [-0.25, -0.2) is 0 Å². The molecule has 1 saturated heterocycles. The Labute approximate surface area is 98.0 Å². The van der Waals surface area contributed by atoms with Crippen molar-refractivity contribution in [3.63, 3.8) is 0 Å². The van der Waals surface area contributed by atoms with Crippen LogP contribution in [0.1, 0.15) is 16.9 Å². The van der Waals surface area contributed by atoms with Gasteiger partial charge < -0.3 is 16.0 Å². The SMILES string of the molecule is CNc1ccc(C(=O)NC2CNC(=O)C2)nn1. The summed E-state index contributed by atoms with van der Waals surface area (Å²) in [4.78, 5) is 22.7. The van der Waals surface area contributed by atoms with Crippen LogP contribution in [0.15, 0.2) is 12.1 Å². The molecule has 0 saturated carbocycles. The summed E-state index contributed by atoms with van der Waals surface area (Å²) in [5.74, 6) is 0.229. The third-order valence-electron chi connectivity index (χ3n) is 2.47. The van der Waals surface area contributed by atoms with Crippen LogP contribution >= 0.6 is 0 Å². The van der Waals surface area contributed by atoms with Crippen molar-refractivity contribution in [3.05, 3.63) is 17.8 Å². The van der Waals surface area contributed by atoms with Crippen molar-refractivity contribution in [2.75, 3.05) is 18.9 Å². The molecule has 0 aliphatic carbocycles. The number of rotatable bonds is 3. The molecule has 1 fully saturated rings. The maximum absolute atomic E-state index is 11.7. The third-order valence-corrected chi connectivity index (χ3v) is 2.47. The highest BCUT2D eigenvalue weighted by atomic mass is 16.2. The zero-order chi connectivity index (χ0) is 12.3. The van der Waals surface area contributed by atoms with Crippen LogP contribution in [0.3, 0.4) is 0 Å². The van der Waals surface area contributed by atoms with Crippen molar-refractivity contribution in [2.45, 2.75) is 12.5 Å². The molecule has 0 radical (unpaired) electrons. The molecule has 1 aliphatic rings. The highest BCUT2D eigenvalue weighted by molar-refractivity contribution is 5.93.